The molecule has 0 amide bonds. The molecule has 0 atom stereocenters. The molecule has 0 saturated heterocycles. The Morgan fingerprint density at radius 2 is 1.67 bits per heavy atom. The highest BCUT2D eigenvalue weighted by Gasteiger charge is 1.94. The van der Waals surface area contributed by atoms with E-state index < -0.39 is 0 Å². The van der Waals surface area contributed by atoms with Crippen molar-refractivity contribution in [3.8, 4) is 0 Å². The molecule has 0 unspecified atom stereocenters. The van der Waals surface area contributed by atoms with Crippen LogP contribution in [-0.4, -0.2) is 0 Å². The molecule has 0 aliphatic carbocycles. The fourth-order valence-corrected chi connectivity index (χ4v) is 0.802. The van der Waals surface area contributed by atoms with Crippen molar-refractivity contribution in [2.45, 2.75) is 6.54 Å². The highest BCUT2D eigenvalue weighted by Crippen LogP contribution is 2.13. The molecule has 0 aliphatic heterocycles. The first-order chi connectivity index (χ1) is 4.74. The van der Waals surface area contributed by atoms with Gasteiger partial charge in [0.25, 0.3) is 0 Å². The summed E-state index contributed by atoms with van der Waals surface area (Å²) in [6.45, 7) is 0.441. The number of benzene rings is 1. The first-order valence-electron chi connectivity index (χ1n) is 3.08. The van der Waals surface area contributed by atoms with Crippen LogP contribution in [0.15, 0.2) is 18.2 Å². The Kier molecular flexibility index (Phi) is 6.89. The Labute approximate surface area is 84.1 Å². The smallest absolute Gasteiger partial charge is 0.0361 e. The van der Waals surface area contributed by atoms with E-state index in [0.717, 1.165) is 5.56 Å². The van der Waals surface area contributed by atoms with Crippen molar-refractivity contribution in [1.82, 2.24) is 0 Å². The van der Waals surface area contributed by atoms with Gasteiger partial charge in [0.05, 0.1) is 0 Å². The zero-order chi connectivity index (χ0) is 7.56. The standard InChI is InChI=1S/C7H11N3.2ClH/c8-4-5-3-6(9)1-2-7(5)10;;/h1-3H,4,8-10H2;2*1H. The van der Waals surface area contributed by atoms with Crippen LogP contribution < -0.4 is 17.2 Å². The molecule has 0 heterocycles. The summed E-state index contributed by atoms with van der Waals surface area (Å²) in [5.41, 5.74) is 18.8. The minimum absolute atomic E-state index is 0. The quantitative estimate of drug-likeness (QED) is 0.608. The van der Waals surface area contributed by atoms with Gasteiger partial charge in [-0.25, -0.2) is 0 Å². The molecule has 0 spiro atoms. The van der Waals surface area contributed by atoms with Crippen LogP contribution in [0.25, 0.3) is 0 Å². The first-order valence-corrected chi connectivity index (χ1v) is 3.08. The summed E-state index contributed by atoms with van der Waals surface area (Å²) in [6, 6.07) is 5.31. The lowest BCUT2D eigenvalue weighted by Crippen LogP contribution is -2.02. The van der Waals surface area contributed by atoms with Crippen molar-refractivity contribution in [1.29, 1.82) is 0 Å². The average molecular weight is 210 g/mol. The predicted molar refractivity (Wildman–Crippen MR) is 57.7 cm³/mol. The molecule has 0 aliphatic rings. The number of anilines is 2. The van der Waals surface area contributed by atoms with Gasteiger partial charge >= 0.3 is 0 Å². The third-order valence-electron chi connectivity index (χ3n) is 1.39. The van der Waals surface area contributed by atoms with Crippen molar-refractivity contribution in [2.24, 2.45) is 5.73 Å². The van der Waals surface area contributed by atoms with Gasteiger partial charge in [0.15, 0.2) is 0 Å². The van der Waals surface area contributed by atoms with Crippen LogP contribution >= 0.6 is 24.8 Å². The van der Waals surface area contributed by atoms with Crippen molar-refractivity contribution in [2.75, 3.05) is 11.5 Å². The van der Waals surface area contributed by atoms with E-state index in [0.29, 0.717) is 17.9 Å². The van der Waals surface area contributed by atoms with Crippen molar-refractivity contribution >= 4 is 36.2 Å². The lowest BCUT2D eigenvalue weighted by Gasteiger charge is -2.02. The second-order valence-electron chi connectivity index (χ2n) is 2.16. The molecule has 5 heteroatoms. The molecule has 0 radical (unpaired) electrons. The first kappa shape index (κ1) is 13.9. The number of rotatable bonds is 1. The van der Waals surface area contributed by atoms with Crippen LogP contribution in [-0.2, 0) is 6.54 Å². The van der Waals surface area contributed by atoms with Gasteiger partial charge in [-0.1, -0.05) is 0 Å². The second kappa shape index (κ2) is 5.94. The van der Waals surface area contributed by atoms with Gasteiger partial charge in [-0.2, -0.15) is 0 Å². The van der Waals surface area contributed by atoms with Gasteiger partial charge in [0, 0.05) is 17.9 Å². The lowest BCUT2D eigenvalue weighted by atomic mass is 10.1. The zero-order valence-corrected chi connectivity index (χ0v) is 8.12. The monoisotopic (exact) mass is 209 g/mol. The summed E-state index contributed by atoms with van der Waals surface area (Å²) in [5.74, 6) is 0. The molecule has 1 rings (SSSR count). The van der Waals surface area contributed by atoms with E-state index in [1.54, 1.807) is 18.2 Å². The normalized spacial score (nSPS) is 8.08. The van der Waals surface area contributed by atoms with E-state index in [-0.39, 0.29) is 24.8 Å². The Morgan fingerprint density at radius 3 is 2.08 bits per heavy atom. The molecule has 70 valence electrons. The molecule has 0 bridgehead atoms. The topological polar surface area (TPSA) is 78.1 Å². The Balaban J connectivity index is 0. The van der Waals surface area contributed by atoms with Crippen LogP contribution in [0.2, 0.25) is 0 Å². The summed E-state index contributed by atoms with van der Waals surface area (Å²) >= 11 is 0. The van der Waals surface area contributed by atoms with Crippen molar-refractivity contribution in [3.05, 3.63) is 23.8 Å². The van der Waals surface area contributed by atoms with Gasteiger partial charge in [0.2, 0.25) is 0 Å². The maximum Gasteiger partial charge on any atom is 0.0361 e. The Bertz CT molecular complexity index is 240. The largest absolute Gasteiger partial charge is 0.399 e. The molecule has 1 aromatic carbocycles. The number of nitrogen functional groups attached to an aromatic ring is 2. The van der Waals surface area contributed by atoms with E-state index >= 15 is 0 Å². The summed E-state index contributed by atoms with van der Waals surface area (Å²) in [7, 11) is 0. The van der Waals surface area contributed by atoms with Gasteiger partial charge < -0.3 is 17.2 Å². The van der Waals surface area contributed by atoms with E-state index in [1.165, 1.54) is 0 Å². The van der Waals surface area contributed by atoms with E-state index in [4.69, 9.17) is 17.2 Å². The van der Waals surface area contributed by atoms with Gasteiger partial charge in [-0.3, -0.25) is 0 Å². The summed E-state index contributed by atoms with van der Waals surface area (Å²) < 4.78 is 0. The number of hydrogen-bond donors (Lipinski definition) is 3. The predicted octanol–water partition coefficient (Wildman–Crippen LogP) is 1.15. The highest BCUT2D eigenvalue weighted by atomic mass is 35.5. The van der Waals surface area contributed by atoms with Crippen LogP contribution in [0, 0.1) is 0 Å². The molecule has 12 heavy (non-hydrogen) atoms. The minimum atomic E-state index is 0. The van der Waals surface area contributed by atoms with Gasteiger partial charge in [0.1, 0.15) is 0 Å². The third-order valence-corrected chi connectivity index (χ3v) is 1.39. The van der Waals surface area contributed by atoms with Crippen LogP contribution in [0.1, 0.15) is 5.56 Å². The van der Waals surface area contributed by atoms with E-state index in [1.807, 2.05) is 0 Å². The maximum absolute atomic E-state index is 5.56. The molecule has 0 aromatic heterocycles. The molecular weight excluding hydrogens is 197 g/mol. The van der Waals surface area contributed by atoms with Crippen LogP contribution in [0.4, 0.5) is 11.4 Å². The van der Waals surface area contributed by atoms with Gasteiger partial charge in [-0.15, -0.1) is 24.8 Å². The number of hydrogen-bond acceptors (Lipinski definition) is 3. The molecular formula is C7H13Cl2N3. The molecule has 6 N–H and O–H groups in total. The lowest BCUT2D eigenvalue weighted by molar-refractivity contribution is 1.08. The van der Waals surface area contributed by atoms with Crippen LogP contribution in [0.3, 0.4) is 0 Å². The van der Waals surface area contributed by atoms with Crippen LogP contribution in [0.5, 0.6) is 0 Å². The van der Waals surface area contributed by atoms with Gasteiger partial charge in [-0.05, 0) is 23.8 Å². The fraction of sp³-hybridized carbons (Fsp3) is 0.143. The Morgan fingerprint density at radius 1 is 1.08 bits per heavy atom. The zero-order valence-electron chi connectivity index (χ0n) is 6.49. The molecule has 1 aromatic rings. The maximum atomic E-state index is 5.56. The number of nitrogens with two attached hydrogens (primary N) is 3. The number of halogens is 2. The SMILES string of the molecule is Cl.Cl.NCc1cc(N)ccc1N. The average Bonchev–Trinajstić information content (AvgIpc) is 1.94. The van der Waals surface area contributed by atoms with Crippen molar-refractivity contribution < 1.29 is 0 Å². The third kappa shape index (κ3) is 3.17. The summed E-state index contributed by atoms with van der Waals surface area (Å²) in [6.07, 6.45) is 0. The molecule has 0 fully saturated rings. The van der Waals surface area contributed by atoms with E-state index in [9.17, 15) is 0 Å². The molecule has 0 saturated carbocycles. The van der Waals surface area contributed by atoms with E-state index in [2.05, 4.69) is 0 Å². The fourth-order valence-electron chi connectivity index (χ4n) is 0.802. The summed E-state index contributed by atoms with van der Waals surface area (Å²) in [4.78, 5) is 0. The summed E-state index contributed by atoms with van der Waals surface area (Å²) in [5, 5.41) is 0. The molecule has 3 nitrogen and oxygen atoms in total. The minimum Gasteiger partial charge on any atom is -0.399 e. The highest BCUT2D eigenvalue weighted by molar-refractivity contribution is 5.85. The second-order valence-corrected chi connectivity index (χ2v) is 2.16. The van der Waals surface area contributed by atoms with Crippen molar-refractivity contribution in [3.63, 3.8) is 0 Å². The Hall–Kier alpha value is -0.640.